The van der Waals surface area contributed by atoms with Crippen LogP contribution in [0.1, 0.15) is 13.3 Å². The van der Waals surface area contributed by atoms with Crippen LogP contribution >= 0.6 is 0 Å². The van der Waals surface area contributed by atoms with E-state index < -0.39 is 0 Å². The van der Waals surface area contributed by atoms with Crippen molar-refractivity contribution in [1.29, 1.82) is 0 Å². The van der Waals surface area contributed by atoms with Gasteiger partial charge < -0.3 is 10.5 Å². The Hall–Kier alpha value is -0.380. The van der Waals surface area contributed by atoms with E-state index in [1.165, 1.54) is 13.0 Å². The van der Waals surface area contributed by atoms with Crippen molar-refractivity contribution in [3.05, 3.63) is 12.2 Å². The van der Waals surface area contributed by atoms with Crippen LogP contribution in [0.5, 0.6) is 0 Å². The quantitative estimate of drug-likeness (QED) is 0.681. The van der Waals surface area contributed by atoms with Gasteiger partial charge in [0, 0.05) is 26.7 Å². The van der Waals surface area contributed by atoms with Crippen LogP contribution in [0.3, 0.4) is 0 Å². The number of likely N-dealkylation sites (tertiary alicyclic amines) is 1. The first-order chi connectivity index (χ1) is 6.77. The molecule has 1 saturated heterocycles. The third kappa shape index (κ3) is 3.40. The van der Waals surface area contributed by atoms with Gasteiger partial charge in [-0.3, -0.25) is 4.90 Å². The first kappa shape index (κ1) is 11.7. The van der Waals surface area contributed by atoms with Crippen molar-refractivity contribution in [2.24, 2.45) is 11.7 Å². The van der Waals surface area contributed by atoms with Gasteiger partial charge in [0.15, 0.2) is 0 Å². The Labute approximate surface area is 86.9 Å². The van der Waals surface area contributed by atoms with Crippen LogP contribution in [0, 0.1) is 5.92 Å². The Morgan fingerprint density at radius 3 is 2.93 bits per heavy atom. The molecule has 0 aromatic carbocycles. The molecule has 1 fully saturated rings. The Bertz CT molecular complexity index is 182. The molecule has 1 aliphatic rings. The molecule has 2 atom stereocenters. The van der Waals surface area contributed by atoms with Crippen molar-refractivity contribution in [2.45, 2.75) is 19.4 Å². The van der Waals surface area contributed by atoms with Crippen molar-refractivity contribution in [3.63, 3.8) is 0 Å². The van der Waals surface area contributed by atoms with Gasteiger partial charge >= 0.3 is 0 Å². The number of piperidine rings is 1. The maximum atomic E-state index is 5.45. The Morgan fingerprint density at radius 1 is 1.50 bits per heavy atom. The Balaban J connectivity index is 2.31. The van der Waals surface area contributed by atoms with Crippen molar-refractivity contribution < 1.29 is 4.74 Å². The summed E-state index contributed by atoms with van der Waals surface area (Å²) in [6.07, 6.45) is 5.78. The highest BCUT2D eigenvalue weighted by Gasteiger charge is 2.24. The van der Waals surface area contributed by atoms with E-state index in [-0.39, 0.29) is 0 Å². The van der Waals surface area contributed by atoms with Gasteiger partial charge in [-0.15, -0.1) is 0 Å². The minimum atomic E-state index is 0.398. The zero-order valence-corrected chi connectivity index (χ0v) is 9.28. The molecule has 0 radical (unpaired) electrons. The molecule has 0 amide bonds. The lowest BCUT2D eigenvalue weighted by Crippen LogP contribution is -2.43. The number of ether oxygens (including phenoxy) is 1. The summed E-state index contributed by atoms with van der Waals surface area (Å²) in [6, 6.07) is 0. The average Bonchev–Trinajstić information content (AvgIpc) is 2.21. The maximum Gasteiger partial charge on any atom is 0.0724 e. The third-order valence-electron chi connectivity index (χ3n) is 2.94. The second-order valence-corrected chi connectivity index (χ2v) is 4.01. The van der Waals surface area contributed by atoms with Crippen LogP contribution in [0.2, 0.25) is 0 Å². The van der Waals surface area contributed by atoms with Crippen molar-refractivity contribution in [2.75, 3.05) is 33.3 Å². The van der Waals surface area contributed by atoms with Gasteiger partial charge in [-0.2, -0.15) is 0 Å². The SMILES string of the molecule is COC1CN(C/C=C/CN)CCC1C. The molecular weight excluding hydrogens is 176 g/mol. The van der Waals surface area contributed by atoms with E-state index >= 15 is 0 Å². The standard InChI is InChI=1S/C11H22N2O/c1-10-5-8-13(7-4-3-6-12)9-11(10)14-2/h3-4,10-11H,5-9,12H2,1-2H3/b4-3+. The predicted molar refractivity (Wildman–Crippen MR) is 59.2 cm³/mol. The summed E-state index contributed by atoms with van der Waals surface area (Å²) in [5, 5.41) is 0. The van der Waals surface area contributed by atoms with Gasteiger partial charge in [0.1, 0.15) is 0 Å². The molecule has 0 bridgehead atoms. The van der Waals surface area contributed by atoms with Crippen LogP contribution in [0.25, 0.3) is 0 Å². The van der Waals surface area contributed by atoms with Crippen LogP contribution in [0.15, 0.2) is 12.2 Å². The summed E-state index contributed by atoms with van der Waals surface area (Å²) in [5.41, 5.74) is 5.39. The number of nitrogens with two attached hydrogens (primary N) is 1. The molecule has 3 nitrogen and oxygen atoms in total. The maximum absolute atomic E-state index is 5.45. The molecule has 0 aromatic rings. The van der Waals surface area contributed by atoms with Gasteiger partial charge in [0.25, 0.3) is 0 Å². The van der Waals surface area contributed by atoms with E-state index in [0.717, 1.165) is 13.1 Å². The van der Waals surface area contributed by atoms with Crippen molar-refractivity contribution in [3.8, 4) is 0 Å². The van der Waals surface area contributed by atoms with Gasteiger partial charge in [0.2, 0.25) is 0 Å². The molecule has 2 unspecified atom stereocenters. The molecule has 0 spiro atoms. The molecular formula is C11H22N2O. The highest BCUT2D eigenvalue weighted by Crippen LogP contribution is 2.18. The lowest BCUT2D eigenvalue weighted by molar-refractivity contribution is -0.00128. The van der Waals surface area contributed by atoms with Gasteiger partial charge in [-0.1, -0.05) is 19.1 Å². The topological polar surface area (TPSA) is 38.5 Å². The summed E-state index contributed by atoms with van der Waals surface area (Å²) in [7, 11) is 1.81. The van der Waals surface area contributed by atoms with E-state index in [0.29, 0.717) is 18.6 Å². The number of methoxy groups -OCH3 is 1. The predicted octanol–water partition coefficient (Wildman–Crippen LogP) is 0.858. The van der Waals surface area contributed by atoms with Crippen molar-refractivity contribution >= 4 is 0 Å². The summed E-state index contributed by atoms with van der Waals surface area (Å²) >= 11 is 0. The molecule has 0 aromatic heterocycles. The largest absolute Gasteiger partial charge is 0.380 e. The first-order valence-electron chi connectivity index (χ1n) is 5.38. The molecule has 1 heterocycles. The Kier molecular flexibility index (Phi) is 5.15. The van der Waals surface area contributed by atoms with Crippen LogP contribution in [-0.2, 0) is 4.74 Å². The fraction of sp³-hybridized carbons (Fsp3) is 0.818. The van der Waals surface area contributed by atoms with Gasteiger partial charge in [-0.25, -0.2) is 0 Å². The minimum absolute atomic E-state index is 0.398. The molecule has 1 rings (SSSR count). The summed E-state index contributed by atoms with van der Waals surface area (Å²) in [4.78, 5) is 2.42. The molecule has 1 aliphatic heterocycles. The van der Waals surface area contributed by atoms with Crippen molar-refractivity contribution in [1.82, 2.24) is 4.90 Å². The lowest BCUT2D eigenvalue weighted by atomic mass is 9.96. The third-order valence-corrected chi connectivity index (χ3v) is 2.94. The molecule has 3 heteroatoms. The second-order valence-electron chi connectivity index (χ2n) is 4.01. The number of nitrogens with zero attached hydrogens (tertiary/aromatic N) is 1. The molecule has 14 heavy (non-hydrogen) atoms. The average molecular weight is 198 g/mol. The minimum Gasteiger partial charge on any atom is -0.380 e. The highest BCUT2D eigenvalue weighted by atomic mass is 16.5. The smallest absolute Gasteiger partial charge is 0.0724 e. The molecule has 0 aliphatic carbocycles. The number of hydrogen-bond acceptors (Lipinski definition) is 3. The van der Waals surface area contributed by atoms with Gasteiger partial charge in [-0.05, 0) is 18.9 Å². The fourth-order valence-electron chi connectivity index (χ4n) is 1.89. The van der Waals surface area contributed by atoms with E-state index in [1.807, 2.05) is 6.08 Å². The highest BCUT2D eigenvalue weighted by molar-refractivity contribution is 4.88. The molecule has 2 N–H and O–H groups in total. The van der Waals surface area contributed by atoms with Crippen LogP contribution in [0.4, 0.5) is 0 Å². The number of rotatable bonds is 4. The summed E-state index contributed by atoms with van der Waals surface area (Å²) < 4.78 is 5.45. The van der Waals surface area contributed by atoms with E-state index in [1.54, 1.807) is 7.11 Å². The first-order valence-corrected chi connectivity index (χ1v) is 5.38. The molecule has 82 valence electrons. The monoisotopic (exact) mass is 198 g/mol. The molecule has 0 saturated carbocycles. The second kappa shape index (κ2) is 6.17. The van der Waals surface area contributed by atoms with E-state index in [2.05, 4.69) is 17.9 Å². The van der Waals surface area contributed by atoms with E-state index in [9.17, 15) is 0 Å². The number of hydrogen-bond donors (Lipinski definition) is 1. The lowest BCUT2D eigenvalue weighted by Gasteiger charge is -2.35. The zero-order chi connectivity index (χ0) is 10.4. The van der Waals surface area contributed by atoms with E-state index in [4.69, 9.17) is 10.5 Å². The summed E-state index contributed by atoms with van der Waals surface area (Å²) in [6.45, 7) is 6.13. The van der Waals surface area contributed by atoms with Crippen LogP contribution in [-0.4, -0.2) is 44.3 Å². The van der Waals surface area contributed by atoms with Crippen LogP contribution < -0.4 is 5.73 Å². The Morgan fingerprint density at radius 2 is 2.29 bits per heavy atom. The fourth-order valence-corrected chi connectivity index (χ4v) is 1.89. The zero-order valence-electron chi connectivity index (χ0n) is 9.28. The van der Waals surface area contributed by atoms with Gasteiger partial charge in [0.05, 0.1) is 6.10 Å². The normalized spacial score (nSPS) is 29.9. The summed E-state index contributed by atoms with van der Waals surface area (Å²) in [5.74, 6) is 0.690.